The van der Waals surface area contributed by atoms with Gasteiger partial charge in [-0.15, -0.1) is 24.8 Å². The van der Waals surface area contributed by atoms with Crippen molar-refractivity contribution in [2.24, 2.45) is 0 Å². The molecular formula is C29H37Cl2N3O2. The number of Topliss-reactive ketones (excluding diaryl/α,β-unsaturated/α-hetero) is 1. The topological polar surface area (TPSA) is 45.6 Å². The Labute approximate surface area is 226 Å². The fourth-order valence-corrected chi connectivity index (χ4v) is 5.71. The predicted octanol–water partition coefficient (Wildman–Crippen LogP) is 5.73. The van der Waals surface area contributed by atoms with Crippen LogP contribution >= 0.6 is 24.8 Å². The molecule has 2 aromatic carbocycles. The Morgan fingerprint density at radius 2 is 1.56 bits per heavy atom. The van der Waals surface area contributed by atoms with Gasteiger partial charge in [0.05, 0.1) is 5.56 Å². The van der Waals surface area contributed by atoms with E-state index < -0.39 is 5.78 Å². The molecule has 1 aliphatic heterocycles. The maximum absolute atomic E-state index is 12.4. The van der Waals surface area contributed by atoms with Crippen molar-refractivity contribution in [3.05, 3.63) is 71.4 Å². The van der Waals surface area contributed by atoms with E-state index in [-0.39, 0.29) is 24.8 Å². The molecule has 5 rings (SSSR count). The van der Waals surface area contributed by atoms with Crippen LogP contribution in [-0.4, -0.2) is 59.2 Å². The Kier molecular flexibility index (Phi) is 10.6. The van der Waals surface area contributed by atoms with Gasteiger partial charge < -0.3 is 4.57 Å². The molecule has 0 spiro atoms. The summed E-state index contributed by atoms with van der Waals surface area (Å²) in [5.41, 5.74) is 4.30. The van der Waals surface area contributed by atoms with E-state index in [4.69, 9.17) is 0 Å². The van der Waals surface area contributed by atoms with Crippen LogP contribution in [0.1, 0.15) is 59.5 Å². The molecule has 0 bridgehead atoms. The van der Waals surface area contributed by atoms with Crippen LogP contribution in [-0.2, 0) is 17.9 Å². The lowest BCUT2D eigenvalue weighted by molar-refractivity contribution is -0.104. The van der Waals surface area contributed by atoms with Crippen LogP contribution in [0.5, 0.6) is 0 Å². The van der Waals surface area contributed by atoms with Crippen LogP contribution in [0.4, 0.5) is 0 Å². The van der Waals surface area contributed by atoms with Gasteiger partial charge in [0.25, 0.3) is 0 Å². The van der Waals surface area contributed by atoms with Crippen molar-refractivity contribution in [3.8, 4) is 0 Å². The molecule has 1 aliphatic carbocycles. The number of carbonyl (C=O) groups excluding carboxylic acids is 2. The molecule has 7 heteroatoms. The average Bonchev–Trinajstić information content (AvgIpc) is 3.27. The summed E-state index contributed by atoms with van der Waals surface area (Å²) in [5.74, 6) is 0.159. The summed E-state index contributed by atoms with van der Waals surface area (Å²) in [6.45, 7) is 7.03. The normalized spacial score (nSPS) is 17.3. The number of piperazine rings is 1. The minimum absolute atomic E-state index is 0. The highest BCUT2D eigenvalue weighted by Gasteiger charge is 2.21. The summed E-state index contributed by atoms with van der Waals surface area (Å²) in [6, 6.07) is 17.3. The van der Waals surface area contributed by atoms with E-state index in [1.807, 2.05) is 6.20 Å². The number of ketones is 1. The van der Waals surface area contributed by atoms with Gasteiger partial charge in [0.1, 0.15) is 0 Å². The number of fused-ring (bicyclic) bond motifs is 1. The minimum atomic E-state index is -0.418. The Hall–Kier alpha value is -2.18. The van der Waals surface area contributed by atoms with E-state index in [0.717, 1.165) is 56.7 Å². The molecule has 0 N–H and O–H groups in total. The molecule has 1 saturated carbocycles. The number of hydrogen-bond donors (Lipinski definition) is 0. The largest absolute Gasteiger partial charge is 0.345 e. The number of halogens is 2. The van der Waals surface area contributed by atoms with Crippen molar-refractivity contribution in [2.75, 3.05) is 32.7 Å². The number of hydrogen-bond acceptors (Lipinski definition) is 4. The van der Waals surface area contributed by atoms with E-state index in [0.29, 0.717) is 17.8 Å². The van der Waals surface area contributed by atoms with E-state index in [2.05, 4.69) is 62.9 Å². The molecule has 194 valence electrons. The summed E-state index contributed by atoms with van der Waals surface area (Å²) in [5, 5.41) is 0.938. The molecule has 0 unspecified atom stereocenters. The van der Waals surface area contributed by atoms with Crippen molar-refractivity contribution >= 4 is 47.8 Å². The first-order valence-corrected chi connectivity index (χ1v) is 12.8. The molecule has 3 aromatic rings. The first kappa shape index (κ1) is 28.4. The van der Waals surface area contributed by atoms with Crippen LogP contribution in [0.15, 0.2) is 54.7 Å². The summed E-state index contributed by atoms with van der Waals surface area (Å²) >= 11 is 0. The molecule has 2 aliphatic rings. The second kappa shape index (κ2) is 13.4. The standard InChI is InChI=1S/C29H35N3O2.2ClH/c33-22-29(34)27-21-32(28-12-11-25(19-26(27)28)24-9-5-2-6-10-24)18-17-30-13-15-31(16-14-30)20-23-7-3-1-4-8-23;;/h1,3-4,7-8,11-12,19,21-22,24H,2,5-6,9-10,13-18,20H2;2*1H. The Morgan fingerprint density at radius 1 is 0.861 bits per heavy atom. The van der Waals surface area contributed by atoms with Crippen LogP contribution < -0.4 is 0 Å². The van der Waals surface area contributed by atoms with Gasteiger partial charge in [0, 0.05) is 62.9 Å². The Morgan fingerprint density at radius 3 is 2.25 bits per heavy atom. The van der Waals surface area contributed by atoms with Gasteiger partial charge in [-0.2, -0.15) is 0 Å². The first-order chi connectivity index (χ1) is 16.7. The fraction of sp³-hybridized carbons (Fsp3) is 0.448. The van der Waals surface area contributed by atoms with Crippen molar-refractivity contribution in [3.63, 3.8) is 0 Å². The van der Waals surface area contributed by atoms with E-state index in [9.17, 15) is 9.59 Å². The summed E-state index contributed by atoms with van der Waals surface area (Å²) in [6.07, 6.45) is 8.68. The summed E-state index contributed by atoms with van der Waals surface area (Å²) in [7, 11) is 0. The van der Waals surface area contributed by atoms with E-state index in [1.54, 1.807) is 0 Å². The summed E-state index contributed by atoms with van der Waals surface area (Å²) < 4.78 is 2.17. The summed E-state index contributed by atoms with van der Waals surface area (Å²) in [4.78, 5) is 28.8. The van der Waals surface area contributed by atoms with Crippen LogP contribution in [0, 0.1) is 0 Å². The lowest BCUT2D eigenvalue weighted by Crippen LogP contribution is -2.46. The molecule has 0 atom stereocenters. The number of aldehydes is 1. The van der Waals surface area contributed by atoms with Crippen molar-refractivity contribution < 1.29 is 9.59 Å². The monoisotopic (exact) mass is 529 g/mol. The minimum Gasteiger partial charge on any atom is -0.345 e. The predicted molar refractivity (Wildman–Crippen MR) is 151 cm³/mol. The van der Waals surface area contributed by atoms with Gasteiger partial charge >= 0.3 is 0 Å². The lowest BCUT2D eigenvalue weighted by Gasteiger charge is -2.34. The van der Waals surface area contributed by atoms with Gasteiger partial charge in [-0.3, -0.25) is 19.4 Å². The zero-order valence-electron chi connectivity index (χ0n) is 20.8. The second-order valence-electron chi connectivity index (χ2n) is 9.93. The molecule has 2 fully saturated rings. The molecule has 1 aromatic heterocycles. The molecule has 0 radical (unpaired) electrons. The maximum atomic E-state index is 12.4. The third kappa shape index (κ3) is 6.57. The number of benzene rings is 2. The quantitative estimate of drug-likeness (QED) is 0.212. The average molecular weight is 531 g/mol. The molecule has 1 saturated heterocycles. The lowest BCUT2D eigenvalue weighted by atomic mass is 9.83. The van der Waals surface area contributed by atoms with Crippen molar-refractivity contribution in [1.29, 1.82) is 0 Å². The van der Waals surface area contributed by atoms with Crippen molar-refractivity contribution in [1.82, 2.24) is 14.4 Å². The molecule has 36 heavy (non-hydrogen) atoms. The van der Waals surface area contributed by atoms with Gasteiger partial charge in [0.15, 0.2) is 6.29 Å². The van der Waals surface area contributed by atoms with Gasteiger partial charge in [-0.1, -0.05) is 55.7 Å². The maximum Gasteiger partial charge on any atom is 0.227 e. The number of rotatable bonds is 8. The fourth-order valence-electron chi connectivity index (χ4n) is 5.71. The van der Waals surface area contributed by atoms with Crippen LogP contribution in [0.3, 0.4) is 0 Å². The van der Waals surface area contributed by atoms with Crippen LogP contribution in [0.2, 0.25) is 0 Å². The van der Waals surface area contributed by atoms with Crippen LogP contribution in [0.25, 0.3) is 10.9 Å². The highest BCUT2D eigenvalue weighted by atomic mass is 35.5. The number of aromatic nitrogens is 1. The second-order valence-corrected chi connectivity index (χ2v) is 9.93. The van der Waals surface area contributed by atoms with E-state index in [1.165, 1.54) is 43.2 Å². The first-order valence-electron chi connectivity index (χ1n) is 12.8. The van der Waals surface area contributed by atoms with Gasteiger partial charge in [0.2, 0.25) is 5.78 Å². The number of nitrogens with zero attached hydrogens (tertiary/aromatic N) is 3. The highest BCUT2D eigenvalue weighted by molar-refractivity contribution is 6.36. The zero-order valence-corrected chi connectivity index (χ0v) is 22.4. The highest BCUT2D eigenvalue weighted by Crippen LogP contribution is 2.35. The SMILES string of the molecule is Cl.Cl.O=CC(=O)c1cn(CCN2CCN(Cc3ccccc3)CC2)c2ccc(C3CCCCC3)cc12. The Bertz CT molecular complexity index is 1130. The molecule has 5 nitrogen and oxygen atoms in total. The van der Waals surface area contributed by atoms with Gasteiger partial charge in [-0.25, -0.2) is 0 Å². The number of carbonyl (C=O) groups is 2. The zero-order chi connectivity index (χ0) is 23.3. The molecular weight excluding hydrogens is 493 g/mol. The molecule has 2 heterocycles. The van der Waals surface area contributed by atoms with Crippen molar-refractivity contribution in [2.45, 2.75) is 51.1 Å². The van der Waals surface area contributed by atoms with E-state index >= 15 is 0 Å². The smallest absolute Gasteiger partial charge is 0.227 e. The van der Waals surface area contributed by atoms with Gasteiger partial charge in [-0.05, 0) is 42.0 Å². The Balaban J connectivity index is 0.00000180. The molecule has 0 amide bonds. The third-order valence-electron chi connectivity index (χ3n) is 7.73. The third-order valence-corrected chi connectivity index (χ3v) is 7.73.